The molecule has 1 aliphatic carbocycles. The normalized spacial score (nSPS) is 23.6. The molecular weight excluding hydrogens is 344 g/mol. The topological polar surface area (TPSA) is 32.3 Å². The van der Waals surface area contributed by atoms with E-state index in [1.807, 2.05) is 30.9 Å². The number of hydrogen-bond acceptors (Lipinski definition) is 2. The SMILES string of the molecule is CCN(CC)C(=O)c1ccc(C2c3cc(C)ccc3CC3CNCCC32)cc1. The molecule has 2 aromatic carbocycles. The van der Waals surface area contributed by atoms with Crippen LogP contribution in [0.3, 0.4) is 0 Å². The quantitative estimate of drug-likeness (QED) is 0.858. The average molecular weight is 377 g/mol. The van der Waals surface area contributed by atoms with E-state index in [1.165, 1.54) is 35.1 Å². The summed E-state index contributed by atoms with van der Waals surface area (Å²) in [7, 11) is 0. The van der Waals surface area contributed by atoms with Crippen LogP contribution in [-0.4, -0.2) is 37.0 Å². The Hall–Kier alpha value is -2.13. The highest BCUT2D eigenvalue weighted by Crippen LogP contribution is 2.46. The van der Waals surface area contributed by atoms with Gasteiger partial charge in [-0.3, -0.25) is 4.79 Å². The smallest absolute Gasteiger partial charge is 0.253 e. The molecule has 2 aliphatic rings. The molecule has 1 aliphatic heterocycles. The number of nitrogens with one attached hydrogen (secondary N) is 1. The second-order valence-electron chi connectivity index (χ2n) is 8.40. The van der Waals surface area contributed by atoms with Gasteiger partial charge in [0, 0.05) is 24.6 Å². The molecule has 4 rings (SSSR count). The number of amides is 1. The Morgan fingerprint density at radius 2 is 1.86 bits per heavy atom. The van der Waals surface area contributed by atoms with E-state index in [1.54, 1.807) is 0 Å². The van der Waals surface area contributed by atoms with Crippen LogP contribution in [0.5, 0.6) is 0 Å². The molecule has 1 fully saturated rings. The van der Waals surface area contributed by atoms with Crippen molar-refractivity contribution in [3.05, 3.63) is 70.3 Å². The Kier molecular flexibility index (Phi) is 5.54. The molecular formula is C25H32N2O. The monoisotopic (exact) mass is 376 g/mol. The van der Waals surface area contributed by atoms with Crippen molar-refractivity contribution in [3.8, 4) is 0 Å². The maximum absolute atomic E-state index is 12.7. The molecule has 3 atom stereocenters. The molecule has 3 heteroatoms. The van der Waals surface area contributed by atoms with Crippen molar-refractivity contribution >= 4 is 5.91 Å². The summed E-state index contributed by atoms with van der Waals surface area (Å²) in [6, 6.07) is 15.5. The Morgan fingerprint density at radius 3 is 2.57 bits per heavy atom. The molecule has 1 amide bonds. The Labute approximate surface area is 169 Å². The summed E-state index contributed by atoms with van der Waals surface area (Å²) in [6.45, 7) is 10.00. The van der Waals surface area contributed by atoms with Crippen molar-refractivity contribution in [2.45, 2.75) is 39.5 Å². The highest BCUT2D eigenvalue weighted by molar-refractivity contribution is 5.94. The summed E-state index contributed by atoms with van der Waals surface area (Å²) in [4.78, 5) is 14.6. The van der Waals surface area contributed by atoms with Gasteiger partial charge in [0.1, 0.15) is 0 Å². The number of benzene rings is 2. The van der Waals surface area contributed by atoms with Gasteiger partial charge in [-0.05, 0) is 87.4 Å². The molecule has 0 spiro atoms. The Balaban J connectivity index is 1.70. The van der Waals surface area contributed by atoms with Crippen molar-refractivity contribution < 1.29 is 4.79 Å². The van der Waals surface area contributed by atoms with E-state index in [-0.39, 0.29) is 5.91 Å². The Bertz CT molecular complexity index is 838. The maximum atomic E-state index is 12.7. The molecule has 3 nitrogen and oxygen atoms in total. The molecule has 0 aromatic heterocycles. The predicted octanol–water partition coefficient (Wildman–Crippen LogP) is 4.39. The summed E-state index contributed by atoms with van der Waals surface area (Å²) in [5.41, 5.74) is 6.51. The standard InChI is InChI=1S/C25H32N2O/c1-4-27(5-2)25(28)19-10-8-18(9-11-19)24-22-12-13-26-16-21(22)15-20-7-6-17(3)14-23(20)24/h6-11,14,21-22,24,26H,4-5,12-13,15-16H2,1-3H3. The number of hydrogen-bond donors (Lipinski definition) is 1. The number of carbonyl (C=O) groups excluding carboxylic acids is 1. The average Bonchev–Trinajstić information content (AvgIpc) is 2.73. The second-order valence-corrected chi connectivity index (χ2v) is 8.40. The minimum Gasteiger partial charge on any atom is -0.339 e. The van der Waals surface area contributed by atoms with Gasteiger partial charge in [-0.15, -0.1) is 0 Å². The van der Waals surface area contributed by atoms with Crippen LogP contribution < -0.4 is 5.32 Å². The zero-order chi connectivity index (χ0) is 19.7. The lowest BCUT2D eigenvalue weighted by atomic mass is 9.64. The largest absolute Gasteiger partial charge is 0.339 e. The minimum absolute atomic E-state index is 0.135. The molecule has 0 saturated carbocycles. The summed E-state index contributed by atoms with van der Waals surface area (Å²) < 4.78 is 0. The van der Waals surface area contributed by atoms with E-state index in [9.17, 15) is 4.79 Å². The molecule has 1 saturated heterocycles. The van der Waals surface area contributed by atoms with E-state index in [4.69, 9.17) is 0 Å². The van der Waals surface area contributed by atoms with E-state index in [0.29, 0.717) is 17.8 Å². The first-order valence-corrected chi connectivity index (χ1v) is 10.8. The third-order valence-corrected chi connectivity index (χ3v) is 6.78. The highest BCUT2D eigenvalue weighted by atomic mass is 16.2. The van der Waals surface area contributed by atoms with Gasteiger partial charge in [-0.1, -0.05) is 35.9 Å². The lowest BCUT2D eigenvalue weighted by molar-refractivity contribution is 0.0773. The van der Waals surface area contributed by atoms with Crippen molar-refractivity contribution in [2.75, 3.05) is 26.2 Å². The van der Waals surface area contributed by atoms with Crippen molar-refractivity contribution in [3.63, 3.8) is 0 Å². The molecule has 0 bridgehead atoms. The molecule has 28 heavy (non-hydrogen) atoms. The number of nitrogens with zero attached hydrogens (tertiary/aromatic N) is 1. The van der Waals surface area contributed by atoms with Crippen LogP contribution in [0.2, 0.25) is 0 Å². The number of carbonyl (C=O) groups is 1. The molecule has 1 N–H and O–H groups in total. The van der Waals surface area contributed by atoms with Gasteiger partial charge >= 0.3 is 0 Å². The first-order valence-electron chi connectivity index (χ1n) is 10.8. The fraction of sp³-hybridized carbons (Fsp3) is 0.480. The van der Waals surface area contributed by atoms with Gasteiger partial charge in [-0.25, -0.2) is 0 Å². The van der Waals surface area contributed by atoms with Crippen LogP contribution in [0.1, 0.15) is 58.8 Å². The van der Waals surface area contributed by atoms with Gasteiger partial charge in [0.25, 0.3) is 5.91 Å². The van der Waals surface area contributed by atoms with Crippen molar-refractivity contribution in [1.29, 1.82) is 0 Å². The minimum atomic E-state index is 0.135. The summed E-state index contributed by atoms with van der Waals surface area (Å²) in [6.07, 6.45) is 2.41. The highest BCUT2D eigenvalue weighted by Gasteiger charge is 2.38. The summed E-state index contributed by atoms with van der Waals surface area (Å²) in [5, 5.41) is 3.60. The number of aryl methyl sites for hydroxylation is 1. The van der Waals surface area contributed by atoms with E-state index < -0.39 is 0 Å². The maximum Gasteiger partial charge on any atom is 0.253 e. The predicted molar refractivity (Wildman–Crippen MR) is 115 cm³/mol. The summed E-state index contributed by atoms with van der Waals surface area (Å²) in [5.74, 6) is 1.95. The number of fused-ring (bicyclic) bond motifs is 2. The molecule has 0 radical (unpaired) electrons. The van der Waals surface area contributed by atoms with Gasteiger partial charge in [0.05, 0.1) is 0 Å². The second kappa shape index (κ2) is 8.08. The van der Waals surface area contributed by atoms with Gasteiger partial charge < -0.3 is 10.2 Å². The van der Waals surface area contributed by atoms with Crippen LogP contribution in [0.4, 0.5) is 0 Å². The molecule has 1 heterocycles. The van der Waals surface area contributed by atoms with Crippen LogP contribution in [0.15, 0.2) is 42.5 Å². The van der Waals surface area contributed by atoms with E-state index >= 15 is 0 Å². The van der Waals surface area contributed by atoms with Gasteiger partial charge in [0.15, 0.2) is 0 Å². The zero-order valence-electron chi connectivity index (χ0n) is 17.4. The van der Waals surface area contributed by atoms with Gasteiger partial charge in [0.2, 0.25) is 0 Å². The lowest BCUT2D eigenvalue weighted by Crippen LogP contribution is -2.43. The van der Waals surface area contributed by atoms with Crippen LogP contribution >= 0.6 is 0 Å². The molecule has 2 aromatic rings. The third kappa shape index (κ3) is 3.48. The molecule has 3 unspecified atom stereocenters. The van der Waals surface area contributed by atoms with Crippen LogP contribution in [-0.2, 0) is 6.42 Å². The van der Waals surface area contributed by atoms with E-state index in [2.05, 4.69) is 42.6 Å². The zero-order valence-corrected chi connectivity index (χ0v) is 17.4. The van der Waals surface area contributed by atoms with E-state index in [0.717, 1.165) is 31.7 Å². The number of piperidine rings is 1. The third-order valence-electron chi connectivity index (χ3n) is 6.78. The van der Waals surface area contributed by atoms with Gasteiger partial charge in [-0.2, -0.15) is 0 Å². The van der Waals surface area contributed by atoms with Crippen LogP contribution in [0.25, 0.3) is 0 Å². The first-order chi connectivity index (χ1) is 13.6. The first kappa shape index (κ1) is 19.2. The number of rotatable bonds is 4. The Morgan fingerprint density at radius 1 is 1.11 bits per heavy atom. The molecule has 148 valence electrons. The fourth-order valence-corrected chi connectivity index (χ4v) is 5.26. The summed E-state index contributed by atoms with van der Waals surface area (Å²) >= 11 is 0. The van der Waals surface area contributed by atoms with Crippen LogP contribution in [0, 0.1) is 18.8 Å². The van der Waals surface area contributed by atoms with Crippen molar-refractivity contribution in [1.82, 2.24) is 10.2 Å². The van der Waals surface area contributed by atoms with Crippen molar-refractivity contribution in [2.24, 2.45) is 11.8 Å². The fourth-order valence-electron chi connectivity index (χ4n) is 5.26. The lowest BCUT2D eigenvalue weighted by Gasteiger charge is -2.43.